The molecule has 3 aromatic rings. The van der Waals surface area contributed by atoms with Crippen molar-refractivity contribution in [3.63, 3.8) is 0 Å². The Bertz CT molecular complexity index is 796. The molecule has 0 aliphatic heterocycles. The number of hydrogen-bond acceptors (Lipinski definition) is 3. The fraction of sp³-hybridized carbons (Fsp3) is 0.0667. The van der Waals surface area contributed by atoms with Gasteiger partial charge in [0.1, 0.15) is 5.75 Å². The van der Waals surface area contributed by atoms with Crippen LogP contribution in [0.15, 0.2) is 42.6 Å². The van der Waals surface area contributed by atoms with E-state index in [0.717, 1.165) is 10.8 Å². The molecule has 0 aliphatic rings. The van der Waals surface area contributed by atoms with Crippen molar-refractivity contribution >= 4 is 27.6 Å². The van der Waals surface area contributed by atoms with Crippen LogP contribution in [-0.4, -0.2) is 23.2 Å². The first-order valence-corrected chi connectivity index (χ1v) is 5.80. The summed E-state index contributed by atoms with van der Waals surface area (Å²) in [6.45, 7) is 0. The first-order chi connectivity index (χ1) is 9.22. The van der Waals surface area contributed by atoms with Gasteiger partial charge in [-0.15, -0.1) is 0 Å². The Morgan fingerprint density at radius 2 is 1.89 bits per heavy atom. The highest BCUT2D eigenvalue weighted by atomic mass is 16.5. The van der Waals surface area contributed by atoms with Gasteiger partial charge in [0.05, 0.1) is 18.2 Å². The zero-order valence-corrected chi connectivity index (χ0v) is 10.3. The second-order valence-electron chi connectivity index (χ2n) is 4.18. The van der Waals surface area contributed by atoms with E-state index in [1.807, 2.05) is 24.3 Å². The number of nitrogens with zero attached hydrogens (tertiary/aromatic N) is 1. The summed E-state index contributed by atoms with van der Waals surface area (Å²) in [5.74, 6) is -0.316. The quantitative estimate of drug-likeness (QED) is 0.713. The Labute approximate surface area is 109 Å². The molecule has 0 fully saturated rings. The van der Waals surface area contributed by atoms with Crippen LogP contribution < -0.4 is 4.74 Å². The highest BCUT2D eigenvalue weighted by Crippen LogP contribution is 2.33. The number of benzene rings is 2. The molecule has 0 saturated carbocycles. The Hall–Kier alpha value is -2.62. The largest absolute Gasteiger partial charge is 0.496 e. The van der Waals surface area contributed by atoms with Crippen molar-refractivity contribution in [1.29, 1.82) is 0 Å². The summed E-state index contributed by atoms with van der Waals surface area (Å²) in [5.41, 5.74) is 0.908. The maximum Gasteiger partial charge on any atom is 0.336 e. The van der Waals surface area contributed by atoms with Crippen LogP contribution in [0.4, 0.5) is 0 Å². The second kappa shape index (κ2) is 4.24. The second-order valence-corrected chi connectivity index (χ2v) is 4.18. The number of carboxylic acid groups (broad SMARTS) is 1. The van der Waals surface area contributed by atoms with E-state index in [9.17, 15) is 9.90 Å². The Morgan fingerprint density at radius 1 is 1.16 bits per heavy atom. The van der Waals surface area contributed by atoms with Crippen molar-refractivity contribution in [3.05, 3.63) is 48.2 Å². The van der Waals surface area contributed by atoms with Crippen molar-refractivity contribution in [2.24, 2.45) is 0 Å². The average Bonchev–Trinajstić information content (AvgIpc) is 2.45. The molecule has 0 aliphatic carbocycles. The van der Waals surface area contributed by atoms with E-state index in [1.54, 1.807) is 13.2 Å². The van der Waals surface area contributed by atoms with Gasteiger partial charge in [0.15, 0.2) is 0 Å². The lowest BCUT2D eigenvalue weighted by molar-refractivity contribution is 0.0699. The van der Waals surface area contributed by atoms with Crippen molar-refractivity contribution in [1.82, 2.24) is 4.98 Å². The van der Waals surface area contributed by atoms with Gasteiger partial charge in [-0.3, -0.25) is 4.98 Å². The number of pyridine rings is 1. The van der Waals surface area contributed by atoms with Gasteiger partial charge in [0, 0.05) is 22.4 Å². The molecule has 2 aromatic carbocycles. The Balaban J connectivity index is 2.55. The van der Waals surface area contributed by atoms with E-state index < -0.39 is 5.97 Å². The third-order valence-electron chi connectivity index (χ3n) is 3.16. The predicted molar refractivity (Wildman–Crippen MR) is 72.8 cm³/mol. The molecule has 1 N–H and O–H groups in total. The normalized spacial score (nSPS) is 10.8. The molecule has 0 spiro atoms. The zero-order chi connectivity index (χ0) is 13.4. The van der Waals surface area contributed by atoms with Crippen LogP contribution >= 0.6 is 0 Å². The number of aromatic nitrogens is 1. The fourth-order valence-corrected chi connectivity index (χ4v) is 2.30. The summed E-state index contributed by atoms with van der Waals surface area (Å²) in [6, 6.07) is 10.9. The maximum absolute atomic E-state index is 11.3. The van der Waals surface area contributed by atoms with Gasteiger partial charge in [-0.2, -0.15) is 0 Å². The SMILES string of the molecule is COc1cc2c(C(=O)O)ccnc2c2ccccc12. The minimum absolute atomic E-state index is 0.231. The summed E-state index contributed by atoms with van der Waals surface area (Å²) >= 11 is 0. The molecule has 3 rings (SSSR count). The van der Waals surface area contributed by atoms with Gasteiger partial charge in [0.25, 0.3) is 0 Å². The summed E-state index contributed by atoms with van der Waals surface area (Å²) in [4.78, 5) is 15.6. The molecule has 4 nitrogen and oxygen atoms in total. The van der Waals surface area contributed by atoms with Crippen molar-refractivity contribution in [2.45, 2.75) is 0 Å². The summed E-state index contributed by atoms with van der Waals surface area (Å²) < 4.78 is 5.35. The number of carboxylic acids is 1. The monoisotopic (exact) mass is 253 g/mol. The Kier molecular flexibility index (Phi) is 2.56. The van der Waals surface area contributed by atoms with Crippen LogP contribution in [-0.2, 0) is 0 Å². The van der Waals surface area contributed by atoms with Crippen molar-refractivity contribution < 1.29 is 14.6 Å². The summed E-state index contributed by atoms with van der Waals surface area (Å²) in [7, 11) is 1.57. The lowest BCUT2D eigenvalue weighted by atomic mass is 10.0. The lowest BCUT2D eigenvalue weighted by Gasteiger charge is -2.10. The summed E-state index contributed by atoms with van der Waals surface area (Å²) in [6.07, 6.45) is 1.52. The first kappa shape index (κ1) is 11.5. The smallest absolute Gasteiger partial charge is 0.336 e. The van der Waals surface area contributed by atoms with Gasteiger partial charge >= 0.3 is 5.97 Å². The van der Waals surface area contributed by atoms with Gasteiger partial charge in [-0.25, -0.2) is 4.79 Å². The molecule has 0 atom stereocenters. The highest BCUT2D eigenvalue weighted by Gasteiger charge is 2.13. The fourth-order valence-electron chi connectivity index (χ4n) is 2.30. The van der Waals surface area contributed by atoms with Gasteiger partial charge in [-0.1, -0.05) is 24.3 Å². The first-order valence-electron chi connectivity index (χ1n) is 5.80. The number of fused-ring (bicyclic) bond motifs is 3. The third-order valence-corrected chi connectivity index (χ3v) is 3.16. The van der Waals surface area contributed by atoms with Crippen LogP contribution in [0.5, 0.6) is 5.75 Å². The Morgan fingerprint density at radius 3 is 2.58 bits per heavy atom. The van der Waals surface area contributed by atoms with Crippen LogP contribution in [0.3, 0.4) is 0 Å². The lowest BCUT2D eigenvalue weighted by Crippen LogP contribution is -1.99. The van der Waals surface area contributed by atoms with Crippen LogP contribution in [0.1, 0.15) is 10.4 Å². The number of carbonyl (C=O) groups is 1. The molecule has 4 heteroatoms. The van der Waals surface area contributed by atoms with Crippen LogP contribution in [0, 0.1) is 0 Å². The minimum atomic E-state index is -0.968. The molecule has 0 amide bonds. The molecular weight excluding hydrogens is 242 g/mol. The number of aromatic carboxylic acids is 1. The number of hydrogen-bond donors (Lipinski definition) is 1. The predicted octanol–water partition coefficient (Wildman–Crippen LogP) is 3.09. The minimum Gasteiger partial charge on any atom is -0.496 e. The molecule has 19 heavy (non-hydrogen) atoms. The van der Waals surface area contributed by atoms with E-state index in [1.165, 1.54) is 12.3 Å². The molecule has 1 heterocycles. The van der Waals surface area contributed by atoms with Crippen LogP contribution in [0.2, 0.25) is 0 Å². The van der Waals surface area contributed by atoms with Crippen LogP contribution in [0.25, 0.3) is 21.7 Å². The van der Waals surface area contributed by atoms with Gasteiger partial charge < -0.3 is 9.84 Å². The number of ether oxygens (including phenoxy) is 1. The molecule has 94 valence electrons. The van der Waals surface area contributed by atoms with E-state index in [0.29, 0.717) is 16.7 Å². The molecule has 1 aromatic heterocycles. The highest BCUT2D eigenvalue weighted by molar-refractivity contribution is 6.13. The standard InChI is InChI=1S/C15H11NO3/c1-19-13-8-12-11(15(17)18)6-7-16-14(12)10-5-3-2-4-9(10)13/h2-8H,1H3,(H,17,18). The number of methoxy groups -OCH3 is 1. The van der Waals surface area contributed by atoms with E-state index in [2.05, 4.69) is 4.98 Å². The van der Waals surface area contributed by atoms with E-state index in [-0.39, 0.29) is 5.56 Å². The molecule has 0 unspecified atom stereocenters. The molecule has 0 saturated heterocycles. The molecular formula is C15H11NO3. The topological polar surface area (TPSA) is 59.4 Å². The number of rotatable bonds is 2. The maximum atomic E-state index is 11.3. The van der Waals surface area contributed by atoms with E-state index in [4.69, 9.17) is 4.74 Å². The summed E-state index contributed by atoms with van der Waals surface area (Å²) in [5, 5.41) is 11.7. The van der Waals surface area contributed by atoms with Crippen molar-refractivity contribution in [2.75, 3.05) is 7.11 Å². The molecule has 0 radical (unpaired) electrons. The zero-order valence-electron chi connectivity index (χ0n) is 10.3. The average molecular weight is 253 g/mol. The van der Waals surface area contributed by atoms with Gasteiger partial charge in [0.2, 0.25) is 0 Å². The van der Waals surface area contributed by atoms with E-state index >= 15 is 0 Å². The third kappa shape index (κ3) is 1.69. The van der Waals surface area contributed by atoms with Crippen molar-refractivity contribution in [3.8, 4) is 5.75 Å². The van der Waals surface area contributed by atoms with Gasteiger partial charge in [-0.05, 0) is 12.1 Å². The molecule has 0 bridgehead atoms.